The Kier molecular flexibility index (Phi) is 7.10. The fourth-order valence-corrected chi connectivity index (χ4v) is 2.22. The van der Waals surface area contributed by atoms with Gasteiger partial charge in [-0.25, -0.2) is 0 Å². The standard InChI is InChI=1S/C16H20ClNO2S/c1-16(2,3)21-11-15(20)18-14-8-7-13(17)10-12(14)6-4-5-9-19/h7-8,10,19H,5,9,11H2,1-3H3,(H,18,20). The largest absolute Gasteiger partial charge is 0.395 e. The summed E-state index contributed by atoms with van der Waals surface area (Å²) in [7, 11) is 0. The Morgan fingerprint density at radius 2 is 2.14 bits per heavy atom. The van der Waals surface area contributed by atoms with Crippen molar-refractivity contribution in [2.24, 2.45) is 0 Å². The van der Waals surface area contributed by atoms with Crippen molar-refractivity contribution in [1.29, 1.82) is 0 Å². The van der Waals surface area contributed by atoms with Gasteiger partial charge in [0, 0.05) is 21.8 Å². The highest BCUT2D eigenvalue weighted by molar-refractivity contribution is 8.01. The van der Waals surface area contributed by atoms with Crippen molar-refractivity contribution in [2.75, 3.05) is 17.7 Å². The van der Waals surface area contributed by atoms with Gasteiger partial charge in [0.25, 0.3) is 0 Å². The molecule has 1 aromatic rings. The first kappa shape index (κ1) is 17.9. The van der Waals surface area contributed by atoms with Gasteiger partial charge in [-0.05, 0) is 18.2 Å². The third-order valence-electron chi connectivity index (χ3n) is 2.35. The van der Waals surface area contributed by atoms with E-state index in [0.29, 0.717) is 28.4 Å². The molecule has 0 heterocycles. The molecule has 1 rings (SSSR count). The lowest BCUT2D eigenvalue weighted by atomic mass is 10.1. The van der Waals surface area contributed by atoms with Gasteiger partial charge in [-0.1, -0.05) is 44.2 Å². The first-order chi connectivity index (χ1) is 9.81. The summed E-state index contributed by atoms with van der Waals surface area (Å²) in [6.45, 7) is 6.22. The highest BCUT2D eigenvalue weighted by Crippen LogP contribution is 2.24. The van der Waals surface area contributed by atoms with Crippen molar-refractivity contribution in [2.45, 2.75) is 31.9 Å². The fraction of sp³-hybridized carbons (Fsp3) is 0.438. The summed E-state index contributed by atoms with van der Waals surface area (Å²) in [4.78, 5) is 12.0. The van der Waals surface area contributed by atoms with E-state index >= 15 is 0 Å². The molecule has 0 spiro atoms. The number of nitrogens with one attached hydrogen (secondary N) is 1. The lowest BCUT2D eigenvalue weighted by Gasteiger charge is -2.17. The van der Waals surface area contributed by atoms with Gasteiger partial charge in [0.15, 0.2) is 0 Å². The maximum atomic E-state index is 12.0. The Morgan fingerprint density at radius 1 is 1.43 bits per heavy atom. The molecular formula is C16H20ClNO2S. The minimum Gasteiger partial charge on any atom is -0.395 e. The third-order valence-corrected chi connectivity index (χ3v) is 3.86. The number of amides is 1. The van der Waals surface area contributed by atoms with E-state index in [0.717, 1.165) is 0 Å². The molecule has 0 saturated heterocycles. The van der Waals surface area contributed by atoms with Crippen LogP contribution in [-0.4, -0.2) is 28.1 Å². The molecule has 5 heteroatoms. The second kappa shape index (κ2) is 8.33. The molecule has 21 heavy (non-hydrogen) atoms. The van der Waals surface area contributed by atoms with Crippen LogP contribution in [0.2, 0.25) is 5.02 Å². The van der Waals surface area contributed by atoms with Gasteiger partial charge in [-0.15, -0.1) is 11.8 Å². The zero-order valence-corrected chi connectivity index (χ0v) is 14.1. The lowest BCUT2D eigenvalue weighted by molar-refractivity contribution is -0.113. The van der Waals surface area contributed by atoms with E-state index in [2.05, 4.69) is 37.9 Å². The molecule has 0 unspecified atom stereocenters. The van der Waals surface area contributed by atoms with Crippen LogP contribution in [0.15, 0.2) is 18.2 Å². The van der Waals surface area contributed by atoms with Gasteiger partial charge in [0.2, 0.25) is 5.91 Å². The Hall–Kier alpha value is -1.15. The van der Waals surface area contributed by atoms with Crippen molar-refractivity contribution >= 4 is 35.0 Å². The van der Waals surface area contributed by atoms with Gasteiger partial charge >= 0.3 is 0 Å². The molecule has 0 aliphatic carbocycles. The summed E-state index contributed by atoms with van der Waals surface area (Å²) in [6.07, 6.45) is 0.389. The second-order valence-electron chi connectivity index (χ2n) is 5.41. The number of benzene rings is 1. The number of anilines is 1. The number of thioether (sulfide) groups is 1. The molecule has 0 aliphatic heterocycles. The van der Waals surface area contributed by atoms with Crippen molar-refractivity contribution < 1.29 is 9.90 Å². The van der Waals surface area contributed by atoms with Crippen LogP contribution in [0.25, 0.3) is 0 Å². The Labute approximate surface area is 135 Å². The molecule has 0 bridgehead atoms. The van der Waals surface area contributed by atoms with Crippen molar-refractivity contribution in [3.8, 4) is 11.8 Å². The Morgan fingerprint density at radius 3 is 2.76 bits per heavy atom. The normalized spacial score (nSPS) is 10.7. The predicted molar refractivity (Wildman–Crippen MR) is 90.9 cm³/mol. The quantitative estimate of drug-likeness (QED) is 0.832. The lowest BCUT2D eigenvalue weighted by Crippen LogP contribution is -2.19. The van der Waals surface area contributed by atoms with Crippen LogP contribution in [0.4, 0.5) is 5.69 Å². The maximum absolute atomic E-state index is 12.0. The first-order valence-electron chi connectivity index (χ1n) is 6.65. The molecule has 1 aromatic carbocycles. The van der Waals surface area contributed by atoms with E-state index in [9.17, 15) is 4.79 Å². The van der Waals surface area contributed by atoms with Gasteiger partial charge in [-0.2, -0.15) is 0 Å². The van der Waals surface area contributed by atoms with E-state index in [4.69, 9.17) is 16.7 Å². The minimum absolute atomic E-state index is 0.0114. The molecule has 0 saturated carbocycles. The van der Waals surface area contributed by atoms with Crippen LogP contribution in [0, 0.1) is 11.8 Å². The molecule has 0 aromatic heterocycles. The number of hydrogen-bond donors (Lipinski definition) is 2. The number of halogens is 1. The third kappa shape index (κ3) is 7.42. The van der Waals surface area contributed by atoms with Crippen LogP contribution in [-0.2, 0) is 4.79 Å². The van der Waals surface area contributed by atoms with E-state index in [1.807, 2.05) is 0 Å². The van der Waals surface area contributed by atoms with Crippen molar-refractivity contribution in [1.82, 2.24) is 0 Å². The number of aliphatic hydroxyl groups excluding tert-OH is 1. The van der Waals surface area contributed by atoms with Gasteiger partial charge in [0.1, 0.15) is 0 Å². The Balaban J connectivity index is 2.78. The summed E-state index contributed by atoms with van der Waals surface area (Å²) in [5, 5.41) is 12.2. The molecule has 2 N–H and O–H groups in total. The average molecular weight is 326 g/mol. The average Bonchev–Trinajstić information content (AvgIpc) is 2.39. The van der Waals surface area contributed by atoms with Crippen LogP contribution < -0.4 is 5.32 Å². The van der Waals surface area contributed by atoms with E-state index < -0.39 is 0 Å². The molecule has 0 aliphatic rings. The second-order valence-corrected chi connectivity index (χ2v) is 7.65. The Bertz CT molecular complexity index is 556. The highest BCUT2D eigenvalue weighted by atomic mass is 35.5. The summed E-state index contributed by atoms with van der Waals surface area (Å²) in [5.74, 6) is 6.07. The van der Waals surface area contributed by atoms with Gasteiger partial charge < -0.3 is 10.4 Å². The molecule has 0 atom stereocenters. The molecule has 114 valence electrons. The summed E-state index contributed by atoms with van der Waals surface area (Å²) in [5.41, 5.74) is 1.30. The SMILES string of the molecule is CC(C)(C)SCC(=O)Nc1ccc(Cl)cc1C#CCCO. The topological polar surface area (TPSA) is 49.3 Å². The summed E-state index contributed by atoms with van der Waals surface area (Å²) in [6, 6.07) is 5.16. The smallest absolute Gasteiger partial charge is 0.234 e. The first-order valence-corrected chi connectivity index (χ1v) is 8.01. The number of aliphatic hydroxyl groups is 1. The fourth-order valence-electron chi connectivity index (χ4n) is 1.41. The molecular weight excluding hydrogens is 306 g/mol. The number of hydrogen-bond acceptors (Lipinski definition) is 3. The molecule has 1 amide bonds. The molecule has 3 nitrogen and oxygen atoms in total. The van der Waals surface area contributed by atoms with Gasteiger partial charge in [-0.3, -0.25) is 4.79 Å². The zero-order chi connectivity index (χ0) is 15.9. The van der Waals surface area contributed by atoms with Crippen molar-refractivity contribution in [3.63, 3.8) is 0 Å². The predicted octanol–water partition coefficient (Wildman–Crippen LogP) is 3.54. The summed E-state index contributed by atoms with van der Waals surface area (Å²) >= 11 is 7.54. The maximum Gasteiger partial charge on any atom is 0.234 e. The van der Waals surface area contributed by atoms with Crippen LogP contribution in [0.5, 0.6) is 0 Å². The van der Waals surface area contributed by atoms with Crippen molar-refractivity contribution in [3.05, 3.63) is 28.8 Å². The zero-order valence-electron chi connectivity index (χ0n) is 12.5. The number of carbonyl (C=O) groups is 1. The van der Waals surface area contributed by atoms with Crippen LogP contribution >= 0.6 is 23.4 Å². The minimum atomic E-state index is -0.0672. The molecule has 0 radical (unpaired) electrons. The monoisotopic (exact) mass is 325 g/mol. The number of rotatable bonds is 4. The van der Waals surface area contributed by atoms with E-state index in [-0.39, 0.29) is 17.3 Å². The summed E-state index contributed by atoms with van der Waals surface area (Å²) < 4.78 is 0.0428. The van der Waals surface area contributed by atoms with Crippen LogP contribution in [0.1, 0.15) is 32.8 Å². The van der Waals surface area contributed by atoms with E-state index in [1.165, 1.54) is 0 Å². The van der Waals surface area contributed by atoms with E-state index in [1.54, 1.807) is 30.0 Å². The molecule has 0 fully saturated rings. The van der Waals surface area contributed by atoms with Gasteiger partial charge in [0.05, 0.1) is 18.0 Å². The number of carbonyl (C=O) groups excluding carboxylic acids is 1. The van der Waals surface area contributed by atoms with Crippen LogP contribution in [0.3, 0.4) is 0 Å². The highest BCUT2D eigenvalue weighted by Gasteiger charge is 2.14.